The molecule has 2 aromatic heterocycles. The number of imidazole rings is 1. The molecule has 3 rings (SSSR count). The van der Waals surface area contributed by atoms with Crippen LogP contribution in [0.4, 0.5) is 0 Å². The highest BCUT2D eigenvalue weighted by molar-refractivity contribution is 9.10. The Kier molecular flexibility index (Phi) is 2.07. The molecule has 3 nitrogen and oxygen atoms in total. The number of halogens is 1. The average Bonchev–Trinajstić information content (AvgIpc) is 2.57. The zero-order chi connectivity index (χ0) is 10.4. The van der Waals surface area contributed by atoms with E-state index in [1.165, 1.54) is 17.0 Å². The van der Waals surface area contributed by atoms with Crippen molar-refractivity contribution in [3.63, 3.8) is 0 Å². The molecule has 0 aromatic carbocycles. The summed E-state index contributed by atoms with van der Waals surface area (Å²) in [7, 11) is 0. The standard InChI is InChI=1S/C11H11BrN2O/c1-7-4-11-13-9-2-3-15-6-10(9)14(11)5-8(7)12/h4-5H,2-3,6H2,1H3. The summed E-state index contributed by atoms with van der Waals surface area (Å²) >= 11 is 3.54. The van der Waals surface area contributed by atoms with Crippen molar-refractivity contribution in [1.82, 2.24) is 9.38 Å². The van der Waals surface area contributed by atoms with Crippen molar-refractivity contribution in [2.24, 2.45) is 0 Å². The number of ether oxygens (including phenoxy) is 1. The van der Waals surface area contributed by atoms with Gasteiger partial charge in [-0.05, 0) is 34.5 Å². The maximum Gasteiger partial charge on any atom is 0.137 e. The second-order valence-corrected chi connectivity index (χ2v) is 4.69. The molecule has 15 heavy (non-hydrogen) atoms. The second kappa shape index (κ2) is 3.32. The molecule has 0 saturated heterocycles. The molecular weight excluding hydrogens is 256 g/mol. The molecule has 0 amide bonds. The summed E-state index contributed by atoms with van der Waals surface area (Å²) < 4.78 is 8.68. The molecule has 0 saturated carbocycles. The molecule has 2 aromatic rings. The smallest absolute Gasteiger partial charge is 0.137 e. The lowest BCUT2D eigenvalue weighted by atomic mass is 10.2. The van der Waals surface area contributed by atoms with Gasteiger partial charge in [-0.25, -0.2) is 4.98 Å². The number of pyridine rings is 1. The Morgan fingerprint density at radius 1 is 1.53 bits per heavy atom. The molecule has 78 valence electrons. The van der Waals surface area contributed by atoms with Crippen LogP contribution in [0.5, 0.6) is 0 Å². The van der Waals surface area contributed by atoms with E-state index in [1.54, 1.807) is 0 Å². The highest BCUT2D eigenvalue weighted by Crippen LogP contribution is 2.23. The van der Waals surface area contributed by atoms with Crippen LogP contribution in [0, 0.1) is 6.92 Å². The number of nitrogens with zero attached hydrogens (tertiary/aromatic N) is 2. The molecule has 4 heteroatoms. The van der Waals surface area contributed by atoms with E-state index in [-0.39, 0.29) is 0 Å². The maximum absolute atomic E-state index is 5.46. The largest absolute Gasteiger partial charge is 0.375 e. The van der Waals surface area contributed by atoms with Crippen molar-refractivity contribution >= 4 is 21.6 Å². The fourth-order valence-electron chi connectivity index (χ4n) is 1.95. The van der Waals surface area contributed by atoms with Gasteiger partial charge in [-0.3, -0.25) is 0 Å². The fraction of sp³-hybridized carbons (Fsp3) is 0.364. The Hall–Kier alpha value is -0.870. The molecule has 0 spiro atoms. The van der Waals surface area contributed by atoms with Crippen LogP contribution in [-0.4, -0.2) is 16.0 Å². The van der Waals surface area contributed by atoms with Crippen LogP contribution in [0.1, 0.15) is 17.0 Å². The van der Waals surface area contributed by atoms with Crippen molar-refractivity contribution in [2.45, 2.75) is 20.0 Å². The van der Waals surface area contributed by atoms with Crippen LogP contribution in [0.2, 0.25) is 0 Å². The fourth-order valence-corrected chi connectivity index (χ4v) is 2.27. The normalized spacial score (nSPS) is 15.6. The van der Waals surface area contributed by atoms with Gasteiger partial charge < -0.3 is 9.14 Å². The van der Waals surface area contributed by atoms with Crippen molar-refractivity contribution in [2.75, 3.05) is 6.61 Å². The first-order chi connectivity index (χ1) is 7.25. The van der Waals surface area contributed by atoms with Crippen molar-refractivity contribution < 1.29 is 4.74 Å². The Balaban J connectivity index is 2.33. The predicted molar refractivity (Wildman–Crippen MR) is 61.0 cm³/mol. The third kappa shape index (κ3) is 1.40. The van der Waals surface area contributed by atoms with E-state index in [1.807, 2.05) is 0 Å². The molecule has 0 radical (unpaired) electrons. The van der Waals surface area contributed by atoms with E-state index >= 15 is 0 Å². The third-order valence-corrected chi connectivity index (χ3v) is 3.64. The molecule has 0 N–H and O–H groups in total. The average molecular weight is 267 g/mol. The van der Waals surface area contributed by atoms with Gasteiger partial charge in [0.05, 0.1) is 24.6 Å². The highest BCUT2D eigenvalue weighted by Gasteiger charge is 2.16. The summed E-state index contributed by atoms with van der Waals surface area (Å²) in [6.07, 6.45) is 3.00. The number of fused-ring (bicyclic) bond motifs is 3. The summed E-state index contributed by atoms with van der Waals surface area (Å²) in [5.41, 5.74) is 4.60. The van der Waals surface area contributed by atoms with E-state index in [0.717, 1.165) is 23.1 Å². The molecule has 0 fully saturated rings. The van der Waals surface area contributed by atoms with Crippen molar-refractivity contribution in [1.29, 1.82) is 0 Å². The number of aromatic nitrogens is 2. The Bertz CT molecular complexity index is 533. The monoisotopic (exact) mass is 266 g/mol. The van der Waals surface area contributed by atoms with E-state index in [2.05, 4.69) is 44.5 Å². The first-order valence-corrected chi connectivity index (χ1v) is 5.79. The van der Waals surface area contributed by atoms with Crippen LogP contribution in [-0.2, 0) is 17.8 Å². The molecule has 1 aliphatic rings. The number of aryl methyl sites for hydroxylation is 1. The SMILES string of the molecule is Cc1cc2nc3c(n2cc1Br)COCC3. The van der Waals surface area contributed by atoms with Crippen LogP contribution in [0.3, 0.4) is 0 Å². The lowest BCUT2D eigenvalue weighted by Crippen LogP contribution is -2.10. The number of hydrogen-bond donors (Lipinski definition) is 0. The molecule has 3 heterocycles. The summed E-state index contributed by atoms with van der Waals surface area (Å²) in [6, 6.07) is 2.10. The zero-order valence-corrected chi connectivity index (χ0v) is 10.0. The van der Waals surface area contributed by atoms with Gasteiger partial charge in [-0.15, -0.1) is 0 Å². The second-order valence-electron chi connectivity index (χ2n) is 3.84. The summed E-state index contributed by atoms with van der Waals surface area (Å²) in [5.74, 6) is 0. The third-order valence-electron chi connectivity index (χ3n) is 2.81. The molecule has 1 aliphatic heterocycles. The lowest BCUT2D eigenvalue weighted by molar-refractivity contribution is 0.106. The van der Waals surface area contributed by atoms with Gasteiger partial charge in [-0.1, -0.05) is 0 Å². The Labute approximate surface area is 96.2 Å². The lowest BCUT2D eigenvalue weighted by Gasteiger charge is -2.11. The topological polar surface area (TPSA) is 26.5 Å². The minimum Gasteiger partial charge on any atom is -0.375 e. The highest BCUT2D eigenvalue weighted by atomic mass is 79.9. The zero-order valence-electron chi connectivity index (χ0n) is 8.46. The summed E-state index contributed by atoms with van der Waals surface area (Å²) in [6.45, 7) is 3.54. The van der Waals surface area contributed by atoms with E-state index in [9.17, 15) is 0 Å². The molecule has 0 bridgehead atoms. The van der Waals surface area contributed by atoms with E-state index in [4.69, 9.17) is 4.74 Å². The predicted octanol–water partition coefficient (Wildman–Crippen LogP) is 2.48. The van der Waals surface area contributed by atoms with Gasteiger partial charge in [0.15, 0.2) is 0 Å². The molecule has 0 atom stereocenters. The van der Waals surface area contributed by atoms with Crippen LogP contribution >= 0.6 is 15.9 Å². The van der Waals surface area contributed by atoms with Gasteiger partial charge in [0, 0.05) is 17.1 Å². The molecular formula is C11H11BrN2O. The Morgan fingerprint density at radius 2 is 2.40 bits per heavy atom. The van der Waals surface area contributed by atoms with Gasteiger partial charge in [0.1, 0.15) is 5.65 Å². The molecule has 0 aliphatic carbocycles. The minimum atomic E-state index is 0.673. The maximum atomic E-state index is 5.46. The van der Waals surface area contributed by atoms with Gasteiger partial charge in [-0.2, -0.15) is 0 Å². The first-order valence-electron chi connectivity index (χ1n) is 4.99. The van der Waals surface area contributed by atoms with Crippen LogP contribution in [0.15, 0.2) is 16.7 Å². The quantitative estimate of drug-likeness (QED) is 0.733. The van der Waals surface area contributed by atoms with Gasteiger partial charge >= 0.3 is 0 Å². The summed E-state index contributed by atoms with van der Waals surface area (Å²) in [5, 5.41) is 0. The minimum absolute atomic E-state index is 0.673. The van der Waals surface area contributed by atoms with Gasteiger partial charge in [0.25, 0.3) is 0 Å². The molecule has 0 unspecified atom stereocenters. The van der Waals surface area contributed by atoms with Crippen LogP contribution in [0.25, 0.3) is 5.65 Å². The first kappa shape index (κ1) is 9.36. The van der Waals surface area contributed by atoms with Crippen molar-refractivity contribution in [3.8, 4) is 0 Å². The number of hydrogen-bond acceptors (Lipinski definition) is 2. The van der Waals surface area contributed by atoms with E-state index in [0.29, 0.717) is 6.61 Å². The van der Waals surface area contributed by atoms with Crippen molar-refractivity contribution in [3.05, 3.63) is 33.7 Å². The van der Waals surface area contributed by atoms with Gasteiger partial charge in [0.2, 0.25) is 0 Å². The van der Waals surface area contributed by atoms with E-state index < -0.39 is 0 Å². The number of rotatable bonds is 0. The summed E-state index contributed by atoms with van der Waals surface area (Å²) in [4.78, 5) is 4.62. The van der Waals surface area contributed by atoms with Crippen LogP contribution < -0.4 is 0 Å². The Morgan fingerprint density at radius 3 is 3.27 bits per heavy atom.